The van der Waals surface area contributed by atoms with Gasteiger partial charge in [0, 0.05) is 28.8 Å². The zero-order valence-corrected chi connectivity index (χ0v) is 16.7. The third-order valence-corrected chi connectivity index (χ3v) is 4.25. The number of phenolic OH excluding ortho intramolecular Hbond substituents is 1. The monoisotopic (exact) mass is 482 g/mol. The van der Waals surface area contributed by atoms with Gasteiger partial charge in [-0.3, -0.25) is 4.79 Å². The molecule has 0 aliphatic rings. The Kier molecular flexibility index (Phi) is 6.46. The van der Waals surface area contributed by atoms with Crippen molar-refractivity contribution in [3.8, 4) is 23.1 Å². The summed E-state index contributed by atoms with van der Waals surface area (Å²) in [5.74, 6) is -0.166. The summed E-state index contributed by atoms with van der Waals surface area (Å²) in [6.45, 7) is -0.177. The molecule has 2 N–H and O–H groups in total. The molecule has 1 amide bonds. The molecule has 30 heavy (non-hydrogen) atoms. The summed E-state index contributed by atoms with van der Waals surface area (Å²) >= 11 is 3.09. The minimum absolute atomic E-state index is 0.0943. The molecule has 0 bridgehead atoms. The number of amides is 1. The number of nitrogens with zero attached hydrogens (tertiary/aromatic N) is 1. The summed E-state index contributed by atoms with van der Waals surface area (Å²) in [5.41, 5.74) is 0.354. The number of alkyl halides is 3. The average Bonchev–Trinajstić information content (AvgIpc) is 2.68. The van der Waals surface area contributed by atoms with Crippen molar-refractivity contribution in [1.82, 2.24) is 10.3 Å². The Morgan fingerprint density at radius 1 is 1.10 bits per heavy atom. The lowest BCUT2D eigenvalue weighted by Crippen LogP contribution is -2.24. The molecule has 0 aliphatic heterocycles. The number of ether oxygens (including phenoxy) is 2. The number of hydrogen-bond acceptors (Lipinski definition) is 5. The molecule has 2 aromatic carbocycles. The lowest BCUT2D eigenvalue weighted by Gasteiger charge is -2.14. The highest BCUT2D eigenvalue weighted by atomic mass is 79.9. The molecule has 0 atom stereocenters. The Morgan fingerprint density at radius 2 is 1.83 bits per heavy atom. The van der Waals surface area contributed by atoms with Gasteiger partial charge in [-0.1, -0.05) is 22.0 Å². The first-order valence-electron chi connectivity index (χ1n) is 8.45. The van der Waals surface area contributed by atoms with E-state index >= 15 is 0 Å². The van der Waals surface area contributed by atoms with Crippen LogP contribution in [0.25, 0.3) is 0 Å². The number of rotatable bonds is 6. The van der Waals surface area contributed by atoms with E-state index in [1.807, 2.05) is 0 Å². The summed E-state index contributed by atoms with van der Waals surface area (Å²) in [4.78, 5) is 16.3. The molecule has 0 spiro atoms. The van der Waals surface area contributed by atoms with Crippen LogP contribution in [0, 0.1) is 0 Å². The van der Waals surface area contributed by atoms with Crippen LogP contribution in [0.1, 0.15) is 15.9 Å². The number of aromatic hydroxyl groups is 1. The average molecular weight is 483 g/mol. The van der Waals surface area contributed by atoms with Crippen molar-refractivity contribution in [2.45, 2.75) is 12.9 Å². The zero-order valence-electron chi connectivity index (χ0n) is 15.1. The predicted octanol–water partition coefficient (Wildman–Crippen LogP) is 5.17. The van der Waals surface area contributed by atoms with Crippen LogP contribution < -0.4 is 14.8 Å². The molecule has 1 heterocycles. The molecular weight excluding hydrogens is 469 g/mol. The standard InChI is InChI=1S/C20H14BrF3N2O4/c21-14-3-1-12(17(9-14)30-20(22,23)24)10-26-19(28)13-2-8-18(25-11-13)29-16-6-4-15(27)5-7-16/h1-9,11,27H,10H2,(H,26,28). The molecule has 156 valence electrons. The summed E-state index contributed by atoms with van der Waals surface area (Å²) in [6, 6.07) is 13.1. The van der Waals surface area contributed by atoms with Crippen LogP contribution in [0.5, 0.6) is 23.1 Å². The molecule has 0 aliphatic carbocycles. The maximum atomic E-state index is 12.6. The van der Waals surface area contributed by atoms with E-state index in [2.05, 4.69) is 31.0 Å². The van der Waals surface area contributed by atoms with Crippen molar-refractivity contribution in [3.63, 3.8) is 0 Å². The molecule has 0 saturated carbocycles. The Morgan fingerprint density at radius 3 is 2.47 bits per heavy atom. The normalized spacial score (nSPS) is 11.1. The second-order valence-corrected chi connectivity index (χ2v) is 6.88. The summed E-state index contributed by atoms with van der Waals surface area (Å²) in [7, 11) is 0. The number of nitrogens with one attached hydrogen (secondary N) is 1. The van der Waals surface area contributed by atoms with E-state index in [1.54, 1.807) is 18.2 Å². The van der Waals surface area contributed by atoms with Gasteiger partial charge in [0.1, 0.15) is 17.2 Å². The largest absolute Gasteiger partial charge is 0.573 e. The second-order valence-electron chi connectivity index (χ2n) is 5.96. The quantitative estimate of drug-likeness (QED) is 0.506. The molecule has 0 saturated heterocycles. The number of aromatic nitrogens is 1. The fourth-order valence-corrected chi connectivity index (χ4v) is 2.72. The van der Waals surface area contributed by atoms with Crippen molar-refractivity contribution in [1.29, 1.82) is 0 Å². The van der Waals surface area contributed by atoms with Gasteiger partial charge in [-0.15, -0.1) is 13.2 Å². The predicted molar refractivity (Wildman–Crippen MR) is 104 cm³/mol. The van der Waals surface area contributed by atoms with E-state index < -0.39 is 18.0 Å². The van der Waals surface area contributed by atoms with E-state index in [0.717, 1.165) is 0 Å². The van der Waals surface area contributed by atoms with E-state index in [4.69, 9.17) is 4.74 Å². The van der Waals surface area contributed by atoms with Gasteiger partial charge < -0.3 is 19.9 Å². The maximum absolute atomic E-state index is 12.6. The van der Waals surface area contributed by atoms with Crippen molar-refractivity contribution < 1.29 is 32.5 Å². The molecule has 10 heteroatoms. The van der Waals surface area contributed by atoms with Crippen LogP contribution in [0.3, 0.4) is 0 Å². The van der Waals surface area contributed by atoms with Gasteiger partial charge in [0.2, 0.25) is 5.88 Å². The topological polar surface area (TPSA) is 80.7 Å². The molecule has 0 fully saturated rings. The third kappa shape index (κ3) is 6.11. The minimum Gasteiger partial charge on any atom is -0.508 e. The molecular formula is C20H14BrF3N2O4. The highest BCUT2D eigenvalue weighted by Crippen LogP contribution is 2.29. The summed E-state index contributed by atoms with van der Waals surface area (Å²) < 4.78 is 47.6. The molecule has 0 unspecified atom stereocenters. The minimum atomic E-state index is -4.85. The Hall–Kier alpha value is -3.27. The van der Waals surface area contributed by atoms with Gasteiger partial charge in [0.25, 0.3) is 5.91 Å². The van der Waals surface area contributed by atoms with Crippen LogP contribution in [0.4, 0.5) is 13.2 Å². The molecule has 0 radical (unpaired) electrons. The smallest absolute Gasteiger partial charge is 0.508 e. The number of hydrogen-bond donors (Lipinski definition) is 2. The first-order chi connectivity index (χ1) is 14.2. The van der Waals surface area contributed by atoms with Gasteiger partial charge in [-0.25, -0.2) is 4.98 Å². The van der Waals surface area contributed by atoms with Gasteiger partial charge >= 0.3 is 6.36 Å². The number of phenols is 1. The number of halogens is 4. The second kappa shape index (κ2) is 9.04. The van der Waals surface area contributed by atoms with Crippen molar-refractivity contribution >= 4 is 21.8 Å². The van der Waals surface area contributed by atoms with Crippen LogP contribution >= 0.6 is 15.9 Å². The maximum Gasteiger partial charge on any atom is 0.573 e. The lowest BCUT2D eigenvalue weighted by atomic mass is 10.2. The molecule has 6 nitrogen and oxygen atoms in total. The van der Waals surface area contributed by atoms with E-state index in [9.17, 15) is 23.1 Å². The van der Waals surface area contributed by atoms with Crippen LogP contribution in [-0.2, 0) is 6.54 Å². The van der Waals surface area contributed by atoms with Gasteiger partial charge in [-0.05, 0) is 42.5 Å². The Balaban J connectivity index is 1.63. The highest BCUT2D eigenvalue weighted by Gasteiger charge is 2.32. The Labute approximate surface area is 177 Å². The van der Waals surface area contributed by atoms with E-state index in [1.165, 1.54) is 42.6 Å². The van der Waals surface area contributed by atoms with Gasteiger partial charge in [0.05, 0.1) is 5.56 Å². The lowest BCUT2D eigenvalue weighted by molar-refractivity contribution is -0.274. The first-order valence-corrected chi connectivity index (χ1v) is 9.24. The van der Waals surface area contributed by atoms with Crippen molar-refractivity contribution in [2.24, 2.45) is 0 Å². The van der Waals surface area contributed by atoms with Crippen molar-refractivity contribution in [2.75, 3.05) is 0 Å². The first kappa shape index (κ1) is 21.4. The molecule has 3 rings (SSSR count). The number of carbonyl (C=O) groups excluding carboxylic acids is 1. The van der Waals surface area contributed by atoms with Crippen LogP contribution in [0.15, 0.2) is 65.3 Å². The Bertz CT molecular complexity index is 1030. The van der Waals surface area contributed by atoms with E-state index in [0.29, 0.717) is 10.2 Å². The van der Waals surface area contributed by atoms with Gasteiger partial charge in [0.15, 0.2) is 0 Å². The molecule has 1 aromatic heterocycles. The summed E-state index contributed by atoms with van der Waals surface area (Å²) in [5, 5.41) is 11.8. The van der Waals surface area contributed by atoms with E-state index in [-0.39, 0.29) is 29.3 Å². The third-order valence-electron chi connectivity index (χ3n) is 3.75. The summed E-state index contributed by atoms with van der Waals surface area (Å²) in [6.07, 6.45) is -3.57. The molecule has 3 aromatic rings. The fraction of sp³-hybridized carbons (Fsp3) is 0.100. The van der Waals surface area contributed by atoms with Gasteiger partial charge in [-0.2, -0.15) is 0 Å². The van der Waals surface area contributed by atoms with Crippen LogP contribution in [0.2, 0.25) is 0 Å². The SMILES string of the molecule is O=C(NCc1ccc(Br)cc1OC(F)(F)F)c1ccc(Oc2ccc(O)cc2)nc1. The number of pyridine rings is 1. The zero-order chi connectivity index (χ0) is 21.7. The van der Waals surface area contributed by atoms with Crippen LogP contribution in [-0.4, -0.2) is 22.4 Å². The number of benzene rings is 2. The fourth-order valence-electron chi connectivity index (χ4n) is 2.38. The number of carbonyl (C=O) groups is 1. The highest BCUT2D eigenvalue weighted by molar-refractivity contribution is 9.10. The van der Waals surface area contributed by atoms with Crippen molar-refractivity contribution in [3.05, 3.63) is 76.4 Å².